The summed E-state index contributed by atoms with van der Waals surface area (Å²) in [7, 11) is 1.54. The molecule has 11 heteroatoms. The first-order chi connectivity index (χ1) is 16.7. The number of nitrogens with one attached hydrogen (secondary N) is 2. The highest BCUT2D eigenvalue weighted by Gasteiger charge is 2.50. The van der Waals surface area contributed by atoms with E-state index in [2.05, 4.69) is 10.7 Å². The number of amides is 5. The number of hydrogen-bond acceptors (Lipinski definition) is 6. The van der Waals surface area contributed by atoms with Gasteiger partial charge in [-0.3, -0.25) is 24.7 Å². The molecule has 35 heavy (non-hydrogen) atoms. The third kappa shape index (κ3) is 5.08. The van der Waals surface area contributed by atoms with Crippen LogP contribution in [0, 0.1) is 0 Å². The van der Waals surface area contributed by atoms with Crippen molar-refractivity contribution < 1.29 is 23.9 Å². The molecule has 184 valence electrons. The van der Waals surface area contributed by atoms with Crippen LogP contribution in [0.4, 0.5) is 4.79 Å². The zero-order valence-electron chi connectivity index (χ0n) is 19.4. The van der Waals surface area contributed by atoms with Gasteiger partial charge in [-0.15, -0.1) is 0 Å². The van der Waals surface area contributed by atoms with Gasteiger partial charge in [-0.05, 0) is 48.9 Å². The zero-order chi connectivity index (χ0) is 25.2. The van der Waals surface area contributed by atoms with E-state index in [1.165, 1.54) is 7.11 Å². The third-order valence-corrected chi connectivity index (χ3v) is 6.46. The van der Waals surface area contributed by atoms with Crippen molar-refractivity contribution in [2.45, 2.75) is 12.5 Å². The molecule has 2 heterocycles. The number of hydrogen-bond donors (Lipinski definition) is 2. The lowest BCUT2D eigenvalue weighted by Crippen LogP contribution is -2.54. The Morgan fingerprint density at radius 3 is 2.26 bits per heavy atom. The molecule has 2 fully saturated rings. The van der Waals surface area contributed by atoms with Crippen LogP contribution in [0.15, 0.2) is 48.5 Å². The smallest absolute Gasteiger partial charge is 0.344 e. The molecular weight excluding hydrogens is 474 g/mol. The fraction of sp³-hybridized carbons (Fsp3) is 0.333. The zero-order valence-corrected chi connectivity index (χ0v) is 20.2. The van der Waals surface area contributed by atoms with Gasteiger partial charge in [-0.1, -0.05) is 23.7 Å². The molecule has 0 aliphatic carbocycles. The Morgan fingerprint density at radius 1 is 1.03 bits per heavy atom. The highest BCUT2D eigenvalue weighted by molar-refractivity contribution is 6.30. The van der Waals surface area contributed by atoms with Crippen molar-refractivity contribution in [2.24, 2.45) is 0 Å². The van der Waals surface area contributed by atoms with E-state index in [1.54, 1.807) is 60.4 Å². The van der Waals surface area contributed by atoms with Crippen LogP contribution in [0.25, 0.3) is 0 Å². The summed E-state index contributed by atoms with van der Waals surface area (Å²) in [4.78, 5) is 54.4. The van der Waals surface area contributed by atoms with Crippen LogP contribution in [0.3, 0.4) is 0 Å². The second-order valence-corrected chi connectivity index (χ2v) is 8.97. The second-order valence-electron chi connectivity index (χ2n) is 8.53. The SMILES string of the molecule is COc1ccc(C2(C)NC(=O)N(NC(=O)CN3CCN(C(=O)c4ccc(Cl)cc4)CC3)C2=O)cc1. The molecule has 1 atom stereocenters. The number of carbonyl (C=O) groups excluding carboxylic acids is 4. The summed E-state index contributed by atoms with van der Waals surface area (Å²) in [5, 5.41) is 3.92. The van der Waals surface area contributed by atoms with Crippen molar-refractivity contribution in [3.05, 3.63) is 64.7 Å². The van der Waals surface area contributed by atoms with E-state index in [9.17, 15) is 19.2 Å². The lowest BCUT2D eigenvalue weighted by atomic mass is 9.92. The van der Waals surface area contributed by atoms with Gasteiger partial charge in [0.1, 0.15) is 11.3 Å². The van der Waals surface area contributed by atoms with Crippen molar-refractivity contribution in [2.75, 3.05) is 39.8 Å². The van der Waals surface area contributed by atoms with E-state index in [4.69, 9.17) is 16.3 Å². The maximum atomic E-state index is 13.0. The minimum Gasteiger partial charge on any atom is -0.497 e. The number of methoxy groups -OCH3 is 1. The number of nitrogens with zero attached hydrogens (tertiary/aromatic N) is 3. The summed E-state index contributed by atoms with van der Waals surface area (Å²) in [6.07, 6.45) is 0. The van der Waals surface area contributed by atoms with E-state index >= 15 is 0 Å². The minimum absolute atomic E-state index is 0.0146. The first-order valence-electron chi connectivity index (χ1n) is 11.1. The van der Waals surface area contributed by atoms with Crippen molar-refractivity contribution in [3.8, 4) is 5.75 Å². The number of imide groups is 1. The topological polar surface area (TPSA) is 111 Å². The van der Waals surface area contributed by atoms with Gasteiger partial charge in [0.25, 0.3) is 17.7 Å². The van der Waals surface area contributed by atoms with Crippen LogP contribution in [0.5, 0.6) is 5.75 Å². The molecule has 1 unspecified atom stereocenters. The van der Waals surface area contributed by atoms with Crippen molar-refractivity contribution in [1.82, 2.24) is 25.6 Å². The number of halogens is 1. The molecule has 0 spiro atoms. The van der Waals surface area contributed by atoms with Gasteiger partial charge in [0, 0.05) is 36.8 Å². The van der Waals surface area contributed by atoms with Crippen LogP contribution in [-0.2, 0) is 15.1 Å². The lowest BCUT2D eigenvalue weighted by molar-refractivity contribution is -0.139. The summed E-state index contributed by atoms with van der Waals surface area (Å²) in [5.74, 6) is -0.554. The van der Waals surface area contributed by atoms with E-state index in [0.29, 0.717) is 53.1 Å². The van der Waals surface area contributed by atoms with Gasteiger partial charge in [0.05, 0.1) is 13.7 Å². The van der Waals surface area contributed by atoms with Gasteiger partial charge in [-0.2, -0.15) is 5.01 Å². The Hall–Kier alpha value is -3.63. The van der Waals surface area contributed by atoms with Gasteiger partial charge in [-0.25, -0.2) is 4.79 Å². The fourth-order valence-corrected chi connectivity index (χ4v) is 4.23. The fourth-order valence-electron chi connectivity index (χ4n) is 4.11. The van der Waals surface area contributed by atoms with Crippen molar-refractivity contribution in [3.63, 3.8) is 0 Å². The molecule has 2 aromatic carbocycles. The van der Waals surface area contributed by atoms with Crippen LogP contribution >= 0.6 is 11.6 Å². The molecule has 0 radical (unpaired) electrons. The Morgan fingerprint density at radius 2 is 1.66 bits per heavy atom. The average molecular weight is 500 g/mol. The Labute approximate surface area is 207 Å². The van der Waals surface area contributed by atoms with Gasteiger partial charge < -0.3 is 15.0 Å². The monoisotopic (exact) mass is 499 g/mol. The molecule has 2 aliphatic heterocycles. The molecule has 5 amide bonds. The average Bonchev–Trinajstić information content (AvgIpc) is 3.08. The standard InChI is InChI=1S/C24H26ClN5O5/c1-24(17-5-9-19(35-2)10-6-17)22(33)30(23(34)26-24)27-20(31)15-28-11-13-29(14-12-28)21(32)16-3-7-18(25)8-4-16/h3-10H,11-15H2,1-2H3,(H,26,34)(H,27,31). The molecule has 2 aliphatic rings. The predicted octanol–water partition coefficient (Wildman–Crippen LogP) is 1.60. The number of piperazine rings is 1. The van der Waals surface area contributed by atoms with Crippen LogP contribution in [-0.4, -0.2) is 78.4 Å². The largest absolute Gasteiger partial charge is 0.497 e. The number of benzene rings is 2. The van der Waals surface area contributed by atoms with Gasteiger partial charge in [0.15, 0.2) is 0 Å². The highest BCUT2D eigenvalue weighted by atomic mass is 35.5. The van der Waals surface area contributed by atoms with Gasteiger partial charge in [0.2, 0.25) is 0 Å². The Balaban J connectivity index is 1.31. The van der Waals surface area contributed by atoms with Crippen LogP contribution < -0.4 is 15.5 Å². The summed E-state index contributed by atoms with van der Waals surface area (Å²) in [5.41, 5.74) is 2.22. The molecule has 2 saturated heterocycles. The first-order valence-corrected chi connectivity index (χ1v) is 11.5. The van der Waals surface area contributed by atoms with Crippen molar-refractivity contribution in [1.29, 1.82) is 0 Å². The molecule has 0 bridgehead atoms. The van der Waals surface area contributed by atoms with Gasteiger partial charge >= 0.3 is 6.03 Å². The summed E-state index contributed by atoms with van der Waals surface area (Å²) < 4.78 is 5.13. The third-order valence-electron chi connectivity index (χ3n) is 6.21. The Bertz CT molecular complexity index is 1130. The molecule has 10 nitrogen and oxygen atoms in total. The minimum atomic E-state index is -1.32. The molecule has 0 saturated carbocycles. The first kappa shape index (κ1) is 24.5. The number of hydrazine groups is 1. The lowest BCUT2D eigenvalue weighted by Gasteiger charge is -2.34. The number of carbonyl (C=O) groups is 4. The molecule has 4 rings (SSSR count). The van der Waals surface area contributed by atoms with Crippen LogP contribution in [0.2, 0.25) is 5.02 Å². The van der Waals surface area contributed by atoms with E-state index in [0.717, 1.165) is 0 Å². The van der Waals surface area contributed by atoms with E-state index in [-0.39, 0.29) is 12.5 Å². The maximum Gasteiger partial charge on any atom is 0.344 e. The second kappa shape index (κ2) is 9.93. The predicted molar refractivity (Wildman–Crippen MR) is 128 cm³/mol. The molecule has 2 N–H and O–H groups in total. The molecule has 2 aromatic rings. The van der Waals surface area contributed by atoms with Crippen molar-refractivity contribution >= 4 is 35.4 Å². The highest BCUT2D eigenvalue weighted by Crippen LogP contribution is 2.29. The summed E-state index contributed by atoms with van der Waals surface area (Å²) in [6, 6.07) is 12.8. The number of ether oxygens (including phenoxy) is 1. The quantitative estimate of drug-likeness (QED) is 0.584. The van der Waals surface area contributed by atoms with E-state index < -0.39 is 23.4 Å². The van der Waals surface area contributed by atoms with E-state index in [1.807, 2.05) is 4.90 Å². The summed E-state index contributed by atoms with van der Waals surface area (Å²) >= 11 is 5.88. The number of urea groups is 1. The molecule has 0 aromatic heterocycles. The Kier molecular flexibility index (Phi) is 6.95. The maximum absolute atomic E-state index is 13.0. The normalized spacial score (nSPS) is 20.5. The molecular formula is C24H26ClN5O5. The van der Waals surface area contributed by atoms with Crippen LogP contribution in [0.1, 0.15) is 22.8 Å². The number of rotatable bonds is 6. The summed E-state index contributed by atoms with van der Waals surface area (Å²) in [6.45, 7) is 3.44.